The first-order valence-electron chi connectivity index (χ1n) is 8.71. The van der Waals surface area contributed by atoms with Crippen molar-refractivity contribution < 1.29 is 18.3 Å². The van der Waals surface area contributed by atoms with Crippen molar-refractivity contribution in [3.8, 4) is 17.0 Å². The minimum Gasteiger partial charge on any atom is -0.471 e. The summed E-state index contributed by atoms with van der Waals surface area (Å²) in [6.45, 7) is 0.898. The highest BCUT2D eigenvalue weighted by molar-refractivity contribution is 5.79. The average molecular weight is 382 g/mol. The molecule has 1 amide bonds. The van der Waals surface area contributed by atoms with Crippen molar-refractivity contribution in [2.75, 3.05) is 13.1 Å². The van der Waals surface area contributed by atoms with Crippen molar-refractivity contribution in [1.82, 2.24) is 20.1 Å². The number of halogens is 2. The Hall–Kier alpha value is -3.42. The van der Waals surface area contributed by atoms with Gasteiger partial charge in [-0.15, -0.1) is 0 Å². The molecule has 1 aliphatic rings. The lowest BCUT2D eigenvalue weighted by molar-refractivity contribution is -0.139. The van der Waals surface area contributed by atoms with Gasteiger partial charge in [0.2, 0.25) is 11.8 Å². The Bertz CT molecular complexity index is 957. The van der Waals surface area contributed by atoms with Crippen LogP contribution in [-0.2, 0) is 11.2 Å². The van der Waals surface area contributed by atoms with E-state index < -0.39 is 11.6 Å². The van der Waals surface area contributed by atoms with Crippen LogP contribution in [0.25, 0.3) is 11.1 Å². The summed E-state index contributed by atoms with van der Waals surface area (Å²) in [5.74, 6) is -0.997. The SMILES string of the molecule is O=C(Cc1cccnn1)N1CC(Oc2ccc(-c3c(F)cccc3F)cn2)C1. The lowest BCUT2D eigenvalue weighted by atomic mass is 10.1. The molecule has 0 atom stereocenters. The third kappa shape index (κ3) is 3.80. The third-order valence-corrected chi connectivity index (χ3v) is 4.44. The maximum Gasteiger partial charge on any atom is 0.228 e. The summed E-state index contributed by atoms with van der Waals surface area (Å²) in [5.41, 5.74) is 0.831. The molecular weight excluding hydrogens is 366 g/mol. The standard InChI is InChI=1S/C20H16F2N4O2/c21-16-4-1-5-17(22)20(16)13-6-7-18(23-10-13)28-15-11-26(12-15)19(27)9-14-3-2-8-24-25-14/h1-8,10,15H,9,11-12H2. The number of hydrogen-bond acceptors (Lipinski definition) is 5. The Morgan fingerprint density at radius 3 is 2.54 bits per heavy atom. The maximum absolute atomic E-state index is 13.8. The van der Waals surface area contributed by atoms with E-state index in [2.05, 4.69) is 15.2 Å². The topological polar surface area (TPSA) is 68.2 Å². The van der Waals surface area contributed by atoms with E-state index >= 15 is 0 Å². The van der Waals surface area contributed by atoms with Gasteiger partial charge in [0.1, 0.15) is 17.7 Å². The summed E-state index contributed by atoms with van der Waals surface area (Å²) in [7, 11) is 0. The molecule has 3 aromatic rings. The first-order valence-corrected chi connectivity index (χ1v) is 8.71. The lowest BCUT2D eigenvalue weighted by Crippen LogP contribution is -2.56. The molecule has 1 saturated heterocycles. The Morgan fingerprint density at radius 1 is 1.11 bits per heavy atom. The number of likely N-dealkylation sites (tertiary alicyclic amines) is 1. The van der Waals surface area contributed by atoms with Crippen LogP contribution in [0.4, 0.5) is 8.78 Å². The quantitative estimate of drug-likeness (QED) is 0.679. The fourth-order valence-electron chi connectivity index (χ4n) is 2.95. The number of aromatic nitrogens is 3. The zero-order chi connectivity index (χ0) is 19.5. The molecule has 3 heterocycles. The Labute approximate surface area is 159 Å². The van der Waals surface area contributed by atoms with Crippen LogP contribution >= 0.6 is 0 Å². The van der Waals surface area contributed by atoms with E-state index in [0.29, 0.717) is 30.2 Å². The molecule has 4 rings (SSSR count). The molecule has 0 N–H and O–H groups in total. The molecule has 0 spiro atoms. The number of carbonyl (C=O) groups is 1. The molecule has 0 unspecified atom stereocenters. The third-order valence-electron chi connectivity index (χ3n) is 4.44. The number of amides is 1. The molecule has 0 aliphatic carbocycles. The number of carbonyl (C=O) groups excluding carboxylic acids is 1. The maximum atomic E-state index is 13.8. The molecule has 0 saturated carbocycles. The van der Waals surface area contributed by atoms with Crippen molar-refractivity contribution in [3.63, 3.8) is 0 Å². The van der Waals surface area contributed by atoms with Gasteiger partial charge in [0, 0.05) is 24.0 Å². The van der Waals surface area contributed by atoms with Crippen molar-refractivity contribution >= 4 is 5.91 Å². The van der Waals surface area contributed by atoms with Crippen LogP contribution in [0, 0.1) is 11.6 Å². The molecule has 8 heteroatoms. The second kappa shape index (κ2) is 7.67. The number of benzene rings is 1. The predicted octanol–water partition coefficient (Wildman–Crippen LogP) is 2.65. The van der Waals surface area contributed by atoms with Crippen molar-refractivity contribution in [2.24, 2.45) is 0 Å². The predicted molar refractivity (Wildman–Crippen MR) is 96.3 cm³/mol. The number of hydrogen-bond donors (Lipinski definition) is 0. The largest absolute Gasteiger partial charge is 0.471 e. The molecule has 0 radical (unpaired) electrons. The monoisotopic (exact) mass is 382 g/mol. The average Bonchev–Trinajstić information content (AvgIpc) is 2.66. The van der Waals surface area contributed by atoms with Crippen molar-refractivity contribution in [3.05, 3.63) is 72.2 Å². The molecule has 0 bridgehead atoms. The zero-order valence-electron chi connectivity index (χ0n) is 14.8. The summed E-state index contributed by atoms with van der Waals surface area (Å²) >= 11 is 0. The summed E-state index contributed by atoms with van der Waals surface area (Å²) in [6.07, 6.45) is 2.95. The van der Waals surface area contributed by atoms with Gasteiger partial charge >= 0.3 is 0 Å². The number of rotatable bonds is 5. The van der Waals surface area contributed by atoms with Crippen LogP contribution in [0.1, 0.15) is 5.69 Å². The number of ether oxygens (including phenoxy) is 1. The summed E-state index contributed by atoms with van der Waals surface area (Å²) < 4.78 is 33.4. The molecular formula is C20H16F2N4O2. The smallest absolute Gasteiger partial charge is 0.228 e. The minimum atomic E-state index is -0.647. The van der Waals surface area contributed by atoms with Gasteiger partial charge < -0.3 is 9.64 Å². The molecule has 28 heavy (non-hydrogen) atoms. The van der Waals surface area contributed by atoms with Crippen LogP contribution in [0.5, 0.6) is 5.88 Å². The minimum absolute atomic E-state index is 0.0429. The normalized spacial score (nSPS) is 13.9. The molecule has 2 aromatic heterocycles. The Kier molecular flexibility index (Phi) is 4.92. The first kappa shape index (κ1) is 18.0. The van der Waals surface area contributed by atoms with Crippen molar-refractivity contribution in [1.29, 1.82) is 0 Å². The van der Waals surface area contributed by atoms with Gasteiger partial charge in [-0.1, -0.05) is 6.07 Å². The van der Waals surface area contributed by atoms with E-state index in [-0.39, 0.29) is 24.0 Å². The fourth-order valence-corrected chi connectivity index (χ4v) is 2.95. The van der Waals surface area contributed by atoms with E-state index in [1.807, 2.05) is 0 Å². The molecule has 1 fully saturated rings. The zero-order valence-corrected chi connectivity index (χ0v) is 14.8. The van der Waals surface area contributed by atoms with Gasteiger partial charge in [0.15, 0.2) is 0 Å². The van der Waals surface area contributed by atoms with Gasteiger partial charge in [-0.25, -0.2) is 13.8 Å². The summed E-state index contributed by atoms with van der Waals surface area (Å²) in [5, 5.41) is 7.65. The fraction of sp³-hybridized carbons (Fsp3) is 0.200. The van der Waals surface area contributed by atoms with E-state index in [0.717, 1.165) is 0 Å². The van der Waals surface area contributed by atoms with E-state index in [9.17, 15) is 13.6 Å². The van der Waals surface area contributed by atoms with Crippen LogP contribution < -0.4 is 4.74 Å². The lowest BCUT2D eigenvalue weighted by Gasteiger charge is -2.38. The van der Waals surface area contributed by atoms with Gasteiger partial charge in [-0.05, 0) is 30.3 Å². The molecule has 1 aromatic carbocycles. The van der Waals surface area contributed by atoms with Gasteiger partial charge in [-0.3, -0.25) is 4.79 Å². The second-order valence-electron chi connectivity index (χ2n) is 6.41. The molecule has 6 nitrogen and oxygen atoms in total. The van der Waals surface area contributed by atoms with Crippen LogP contribution in [0.2, 0.25) is 0 Å². The summed E-state index contributed by atoms with van der Waals surface area (Å²) in [4.78, 5) is 18.0. The highest BCUT2D eigenvalue weighted by atomic mass is 19.1. The van der Waals surface area contributed by atoms with Crippen LogP contribution in [0.15, 0.2) is 54.9 Å². The highest BCUT2D eigenvalue weighted by Gasteiger charge is 2.32. The first-order chi connectivity index (χ1) is 13.6. The van der Waals surface area contributed by atoms with Gasteiger partial charge in [0.25, 0.3) is 0 Å². The van der Waals surface area contributed by atoms with Gasteiger partial charge in [-0.2, -0.15) is 10.2 Å². The van der Waals surface area contributed by atoms with Crippen LogP contribution in [-0.4, -0.2) is 45.2 Å². The van der Waals surface area contributed by atoms with E-state index in [1.54, 1.807) is 35.4 Å². The number of pyridine rings is 1. The Balaban J connectivity index is 1.32. The van der Waals surface area contributed by atoms with Gasteiger partial charge in [0.05, 0.1) is 30.8 Å². The van der Waals surface area contributed by atoms with Crippen LogP contribution in [0.3, 0.4) is 0 Å². The van der Waals surface area contributed by atoms with Crippen molar-refractivity contribution in [2.45, 2.75) is 12.5 Å². The molecule has 1 aliphatic heterocycles. The molecule has 142 valence electrons. The van der Waals surface area contributed by atoms with E-state index in [1.165, 1.54) is 24.4 Å². The Morgan fingerprint density at radius 2 is 1.89 bits per heavy atom. The van der Waals surface area contributed by atoms with E-state index in [4.69, 9.17) is 4.74 Å². The summed E-state index contributed by atoms with van der Waals surface area (Å²) in [6, 6.07) is 10.3. The second-order valence-corrected chi connectivity index (χ2v) is 6.41. The number of nitrogens with zero attached hydrogens (tertiary/aromatic N) is 4. The highest BCUT2D eigenvalue weighted by Crippen LogP contribution is 2.27.